The molecule has 0 aliphatic heterocycles. The molecule has 0 saturated heterocycles. The highest BCUT2D eigenvalue weighted by atomic mass is 35.5. The zero-order valence-corrected chi connectivity index (χ0v) is 13.5. The van der Waals surface area contributed by atoms with Gasteiger partial charge in [-0.15, -0.1) is 11.3 Å². The van der Waals surface area contributed by atoms with Crippen LogP contribution in [0.2, 0.25) is 10.0 Å². The van der Waals surface area contributed by atoms with Crippen LogP contribution in [-0.2, 0) is 11.4 Å². The van der Waals surface area contributed by atoms with Crippen molar-refractivity contribution in [1.82, 2.24) is 4.98 Å². The van der Waals surface area contributed by atoms with E-state index >= 15 is 0 Å². The Bertz CT molecular complexity index is 785. The van der Waals surface area contributed by atoms with E-state index in [-0.39, 0.29) is 6.61 Å². The molecule has 0 radical (unpaired) electrons. The summed E-state index contributed by atoms with van der Waals surface area (Å²) >= 11 is 13.5. The van der Waals surface area contributed by atoms with Gasteiger partial charge in [0, 0.05) is 5.56 Å². The van der Waals surface area contributed by atoms with E-state index in [1.54, 1.807) is 35.8 Å². The lowest BCUT2D eigenvalue weighted by Crippen LogP contribution is -1.89. The fourth-order valence-electron chi connectivity index (χ4n) is 1.70. The summed E-state index contributed by atoms with van der Waals surface area (Å²) in [5.74, 6) is 0.579. The summed E-state index contributed by atoms with van der Waals surface area (Å²) in [5, 5.41) is 6.75. The summed E-state index contributed by atoms with van der Waals surface area (Å²) in [6, 6.07) is 9.19. The van der Waals surface area contributed by atoms with E-state index in [1.165, 1.54) is 6.21 Å². The largest absolute Gasteiger partial charge is 0.443 e. The number of benzene rings is 1. The Balaban J connectivity index is 1.59. The Hall–Kier alpha value is -1.82. The first kappa shape index (κ1) is 15.1. The van der Waals surface area contributed by atoms with E-state index in [2.05, 4.69) is 10.1 Å². The molecule has 0 bridgehead atoms. The van der Waals surface area contributed by atoms with Crippen LogP contribution in [0.1, 0.15) is 11.3 Å². The Morgan fingerprint density at radius 3 is 3.00 bits per heavy atom. The zero-order chi connectivity index (χ0) is 15.4. The normalized spacial score (nSPS) is 11.2. The number of aromatic nitrogens is 1. The Morgan fingerprint density at radius 2 is 2.18 bits per heavy atom. The SMILES string of the molecule is Clc1cccc(/C=N\OCc2coc(-c3cccs3)n2)c1Cl. The quantitative estimate of drug-likeness (QED) is 0.464. The topological polar surface area (TPSA) is 47.6 Å². The van der Waals surface area contributed by atoms with E-state index in [9.17, 15) is 0 Å². The van der Waals surface area contributed by atoms with Gasteiger partial charge in [-0.1, -0.05) is 46.6 Å². The molecule has 0 aliphatic carbocycles. The van der Waals surface area contributed by atoms with Crippen molar-refractivity contribution < 1.29 is 9.25 Å². The van der Waals surface area contributed by atoms with E-state index in [0.29, 0.717) is 27.2 Å². The first-order chi connectivity index (χ1) is 10.7. The highest BCUT2D eigenvalue weighted by Gasteiger charge is 2.07. The average molecular weight is 353 g/mol. The Kier molecular flexibility index (Phi) is 4.77. The van der Waals surface area contributed by atoms with Crippen LogP contribution in [0.5, 0.6) is 0 Å². The van der Waals surface area contributed by atoms with Crippen LogP contribution in [0, 0.1) is 0 Å². The molecule has 2 heterocycles. The van der Waals surface area contributed by atoms with Crippen molar-refractivity contribution in [3.8, 4) is 10.8 Å². The number of halogens is 2. The molecular formula is C15H10Cl2N2O2S. The van der Waals surface area contributed by atoms with Crippen molar-refractivity contribution in [2.75, 3.05) is 0 Å². The van der Waals surface area contributed by atoms with Crippen LogP contribution < -0.4 is 0 Å². The molecule has 4 nitrogen and oxygen atoms in total. The molecule has 112 valence electrons. The second-order valence-corrected chi connectivity index (χ2v) is 6.01. The lowest BCUT2D eigenvalue weighted by molar-refractivity contribution is 0.129. The maximum absolute atomic E-state index is 6.04. The molecule has 0 amide bonds. The van der Waals surface area contributed by atoms with Crippen molar-refractivity contribution in [2.24, 2.45) is 5.16 Å². The van der Waals surface area contributed by atoms with Gasteiger partial charge in [0.2, 0.25) is 5.89 Å². The third kappa shape index (κ3) is 3.50. The minimum atomic E-state index is 0.212. The Morgan fingerprint density at radius 1 is 1.27 bits per heavy atom. The minimum absolute atomic E-state index is 0.212. The van der Waals surface area contributed by atoms with Gasteiger partial charge in [-0.3, -0.25) is 0 Å². The summed E-state index contributed by atoms with van der Waals surface area (Å²) in [5.41, 5.74) is 1.35. The maximum Gasteiger partial charge on any atom is 0.236 e. The monoisotopic (exact) mass is 352 g/mol. The maximum atomic E-state index is 6.04. The molecule has 0 aliphatic rings. The fraction of sp³-hybridized carbons (Fsp3) is 0.0667. The molecule has 22 heavy (non-hydrogen) atoms. The molecule has 0 N–H and O–H groups in total. The van der Waals surface area contributed by atoms with Crippen molar-refractivity contribution in [2.45, 2.75) is 6.61 Å². The van der Waals surface area contributed by atoms with Gasteiger partial charge in [0.1, 0.15) is 12.0 Å². The van der Waals surface area contributed by atoms with E-state index in [0.717, 1.165) is 4.88 Å². The third-order valence-corrected chi connectivity index (χ3v) is 4.44. The molecule has 1 aromatic carbocycles. The van der Waals surface area contributed by atoms with E-state index in [1.807, 2.05) is 17.5 Å². The highest BCUT2D eigenvalue weighted by molar-refractivity contribution is 7.13. The summed E-state index contributed by atoms with van der Waals surface area (Å²) in [4.78, 5) is 10.5. The third-order valence-electron chi connectivity index (χ3n) is 2.74. The van der Waals surface area contributed by atoms with Gasteiger partial charge < -0.3 is 9.25 Å². The highest BCUT2D eigenvalue weighted by Crippen LogP contribution is 2.25. The summed E-state index contributed by atoms with van der Waals surface area (Å²) in [7, 11) is 0. The second kappa shape index (κ2) is 6.96. The molecule has 0 saturated carbocycles. The molecule has 0 atom stereocenters. The van der Waals surface area contributed by atoms with Crippen molar-refractivity contribution in [3.05, 3.63) is 63.3 Å². The summed E-state index contributed by atoms with van der Waals surface area (Å²) < 4.78 is 5.39. The van der Waals surface area contributed by atoms with Crippen LogP contribution in [0.3, 0.4) is 0 Å². The van der Waals surface area contributed by atoms with E-state index in [4.69, 9.17) is 32.5 Å². The van der Waals surface area contributed by atoms with Crippen LogP contribution in [0.4, 0.5) is 0 Å². The van der Waals surface area contributed by atoms with E-state index < -0.39 is 0 Å². The average Bonchev–Trinajstić information content (AvgIpc) is 3.18. The zero-order valence-electron chi connectivity index (χ0n) is 11.2. The lowest BCUT2D eigenvalue weighted by atomic mass is 10.2. The van der Waals surface area contributed by atoms with Gasteiger partial charge in [0.25, 0.3) is 0 Å². The number of oxazole rings is 1. The smallest absolute Gasteiger partial charge is 0.236 e. The van der Waals surface area contributed by atoms with Crippen LogP contribution in [0.25, 0.3) is 10.8 Å². The van der Waals surface area contributed by atoms with Gasteiger partial charge in [-0.2, -0.15) is 0 Å². The molecule has 0 spiro atoms. The number of oxime groups is 1. The number of hydrogen-bond acceptors (Lipinski definition) is 5. The van der Waals surface area contributed by atoms with Crippen LogP contribution in [-0.4, -0.2) is 11.2 Å². The molecule has 0 fully saturated rings. The second-order valence-electron chi connectivity index (χ2n) is 4.27. The Labute approximate surface area is 140 Å². The van der Waals surface area contributed by atoms with Crippen molar-refractivity contribution >= 4 is 40.8 Å². The van der Waals surface area contributed by atoms with Crippen molar-refractivity contribution in [1.29, 1.82) is 0 Å². The van der Waals surface area contributed by atoms with Gasteiger partial charge in [-0.25, -0.2) is 4.98 Å². The first-order valence-electron chi connectivity index (χ1n) is 6.31. The standard InChI is InChI=1S/C15H10Cl2N2O2S/c16-12-4-1-3-10(14(12)17)7-18-21-9-11-8-20-15(19-11)13-5-2-6-22-13/h1-8H,9H2/b18-7-. The van der Waals surface area contributed by atoms with Crippen molar-refractivity contribution in [3.63, 3.8) is 0 Å². The van der Waals surface area contributed by atoms with Gasteiger partial charge >= 0.3 is 0 Å². The fourth-order valence-corrected chi connectivity index (χ4v) is 2.72. The van der Waals surface area contributed by atoms with Crippen LogP contribution >= 0.6 is 34.5 Å². The molecule has 3 aromatic rings. The molecule has 7 heteroatoms. The van der Waals surface area contributed by atoms with Gasteiger partial charge in [0.15, 0.2) is 6.61 Å². The number of thiophene rings is 1. The summed E-state index contributed by atoms with van der Waals surface area (Å²) in [6.07, 6.45) is 3.06. The van der Waals surface area contributed by atoms with Gasteiger partial charge in [0.05, 0.1) is 21.1 Å². The van der Waals surface area contributed by atoms with Gasteiger partial charge in [-0.05, 0) is 17.5 Å². The lowest BCUT2D eigenvalue weighted by Gasteiger charge is -1.99. The predicted molar refractivity (Wildman–Crippen MR) is 88.7 cm³/mol. The number of hydrogen-bond donors (Lipinski definition) is 0. The number of rotatable bonds is 5. The summed E-state index contributed by atoms with van der Waals surface area (Å²) in [6.45, 7) is 0.212. The molecule has 3 rings (SSSR count). The molecular weight excluding hydrogens is 343 g/mol. The predicted octanol–water partition coefficient (Wildman–Crippen LogP) is 5.26. The number of nitrogens with zero attached hydrogens (tertiary/aromatic N) is 2. The first-order valence-corrected chi connectivity index (χ1v) is 7.95. The molecule has 0 unspecified atom stereocenters. The molecule has 2 aromatic heterocycles. The minimum Gasteiger partial charge on any atom is -0.443 e. The van der Waals surface area contributed by atoms with Crippen LogP contribution in [0.15, 0.2) is 51.5 Å².